The molecule has 0 radical (unpaired) electrons. The molecule has 162 valence electrons. The highest BCUT2D eigenvalue weighted by Crippen LogP contribution is 2.35. The van der Waals surface area contributed by atoms with Gasteiger partial charge in [-0.1, -0.05) is 6.08 Å². The predicted molar refractivity (Wildman–Crippen MR) is 120 cm³/mol. The lowest BCUT2D eigenvalue weighted by atomic mass is 10.1. The average Bonchev–Trinajstić information content (AvgIpc) is 3.25. The molecule has 1 aromatic heterocycles. The van der Waals surface area contributed by atoms with Crippen LogP contribution in [0.5, 0.6) is 11.5 Å². The van der Waals surface area contributed by atoms with Crippen LogP contribution in [0, 0.1) is 0 Å². The maximum atomic E-state index is 12.5. The van der Waals surface area contributed by atoms with Crippen LogP contribution < -0.4 is 19.5 Å². The highest BCUT2D eigenvalue weighted by Gasteiger charge is 2.16. The molecular weight excluding hydrogens is 438 g/mol. The van der Waals surface area contributed by atoms with Crippen molar-refractivity contribution < 1.29 is 22.7 Å². The molecule has 0 unspecified atom stereocenters. The third-order valence-electron chi connectivity index (χ3n) is 4.25. The van der Waals surface area contributed by atoms with Crippen LogP contribution in [0.25, 0.3) is 11.3 Å². The SMILES string of the molecule is C=CCNS(=O)(=O)c1ccc(C(=O)Nc2nc(-c3cc(OC)ccc3OC)cs2)cc1. The fourth-order valence-corrected chi connectivity index (χ4v) is 4.38. The molecule has 0 aliphatic heterocycles. The van der Waals surface area contributed by atoms with E-state index in [-0.39, 0.29) is 11.4 Å². The van der Waals surface area contributed by atoms with E-state index in [9.17, 15) is 13.2 Å². The van der Waals surface area contributed by atoms with Crippen LogP contribution in [-0.4, -0.2) is 40.1 Å². The second kappa shape index (κ2) is 9.73. The smallest absolute Gasteiger partial charge is 0.257 e. The first-order valence-electron chi connectivity index (χ1n) is 9.08. The van der Waals surface area contributed by atoms with Crippen LogP contribution >= 0.6 is 11.3 Å². The number of anilines is 1. The van der Waals surface area contributed by atoms with Gasteiger partial charge in [-0.05, 0) is 42.5 Å². The number of ether oxygens (including phenoxy) is 2. The molecule has 10 heteroatoms. The third-order valence-corrected chi connectivity index (χ3v) is 6.45. The highest BCUT2D eigenvalue weighted by molar-refractivity contribution is 7.89. The Hall–Kier alpha value is -3.21. The van der Waals surface area contributed by atoms with E-state index in [1.54, 1.807) is 37.8 Å². The van der Waals surface area contributed by atoms with Gasteiger partial charge in [0.2, 0.25) is 10.0 Å². The lowest BCUT2D eigenvalue weighted by molar-refractivity contribution is 0.102. The molecule has 3 rings (SSSR count). The van der Waals surface area contributed by atoms with Crippen LogP contribution in [0.4, 0.5) is 5.13 Å². The first-order chi connectivity index (χ1) is 14.9. The molecule has 0 aliphatic carbocycles. The molecule has 0 bridgehead atoms. The Morgan fingerprint density at radius 2 is 1.90 bits per heavy atom. The van der Waals surface area contributed by atoms with Gasteiger partial charge >= 0.3 is 0 Å². The number of methoxy groups -OCH3 is 2. The van der Waals surface area contributed by atoms with Crippen molar-refractivity contribution in [3.8, 4) is 22.8 Å². The summed E-state index contributed by atoms with van der Waals surface area (Å²) in [5, 5.41) is 4.92. The summed E-state index contributed by atoms with van der Waals surface area (Å²) in [6.45, 7) is 3.60. The summed E-state index contributed by atoms with van der Waals surface area (Å²) in [5.74, 6) is 0.888. The third kappa shape index (κ3) is 5.29. The zero-order chi connectivity index (χ0) is 22.4. The van der Waals surface area contributed by atoms with E-state index in [0.717, 1.165) is 5.56 Å². The summed E-state index contributed by atoms with van der Waals surface area (Å²) in [6, 6.07) is 11.0. The fraction of sp³-hybridized carbons (Fsp3) is 0.143. The Kier molecular flexibility index (Phi) is 7.06. The number of sulfonamides is 1. The number of hydrogen-bond donors (Lipinski definition) is 2. The Balaban J connectivity index is 1.75. The van der Waals surface area contributed by atoms with E-state index in [0.29, 0.717) is 27.9 Å². The van der Waals surface area contributed by atoms with E-state index in [1.165, 1.54) is 41.7 Å². The maximum Gasteiger partial charge on any atom is 0.257 e. The van der Waals surface area contributed by atoms with Gasteiger partial charge in [0.05, 0.1) is 24.8 Å². The molecule has 31 heavy (non-hydrogen) atoms. The lowest BCUT2D eigenvalue weighted by Crippen LogP contribution is -2.23. The monoisotopic (exact) mass is 459 g/mol. The molecule has 0 saturated carbocycles. The number of aromatic nitrogens is 1. The van der Waals surface area contributed by atoms with Crippen molar-refractivity contribution in [1.82, 2.24) is 9.71 Å². The molecule has 8 nitrogen and oxygen atoms in total. The van der Waals surface area contributed by atoms with Crippen molar-refractivity contribution in [3.05, 3.63) is 66.1 Å². The zero-order valence-electron chi connectivity index (χ0n) is 16.9. The standard InChI is InChI=1S/C21H21N3O5S2/c1-4-11-22-31(26,27)16-8-5-14(6-9-16)20(25)24-21-23-18(13-30-21)17-12-15(28-2)7-10-19(17)29-3/h4-10,12-13,22H,1,11H2,2-3H3,(H,23,24,25). The number of rotatable bonds is 9. The maximum absolute atomic E-state index is 12.5. The number of hydrogen-bond acceptors (Lipinski definition) is 7. The second-order valence-electron chi connectivity index (χ2n) is 6.22. The number of nitrogens with one attached hydrogen (secondary N) is 2. The van der Waals surface area contributed by atoms with Gasteiger partial charge in [-0.15, -0.1) is 17.9 Å². The number of carbonyl (C=O) groups excluding carboxylic acids is 1. The van der Waals surface area contributed by atoms with Gasteiger partial charge in [-0.25, -0.2) is 18.1 Å². The number of thiazole rings is 1. The van der Waals surface area contributed by atoms with Crippen molar-refractivity contribution in [3.63, 3.8) is 0 Å². The van der Waals surface area contributed by atoms with E-state index in [2.05, 4.69) is 21.6 Å². The first kappa shape index (κ1) is 22.5. The largest absolute Gasteiger partial charge is 0.497 e. The van der Waals surface area contributed by atoms with Crippen molar-refractivity contribution in [2.24, 2.45) is 0 Å². The van der Waals surface area contributed by atoms with Crippen molar-refractivity contribution in [2.45, 2.75) is 4.90 Å². The summed E-state index contributed by atoms with van der Waals surface area (Å²) < 4.78 is 37.2. The fourth-order valence-electron chi connectivity index (χ4n) is 2.68. The van der Waals surface area contributed by atoms with Gasteiger partial charge in [0, 0.05) is 23.1 Å². The molecule has 0 fully saturated rings. The molecule has 0 spiro atoms. The summed E-state index contributed by atoms with van der Waals surface area (Å²) in [5.41, 5.74) is 1.67. The summed E-state index contributed by atoms with van der Waals surface area (Å²) in [6.07, 6.45) is 1.45. The van der Waals surface area contributed by atoms with E-state index in [4.69, 9.17) is 9.47 Å². The molecule has 1 heterocycles. The van der Waals surface area contributed by atoms with Gasteiger partial charge < -0.3 is 9.47 Å². The molecule has 1 amide bonds. The van der Waals surface area contributed by atoms with Crippen molar-refractivity contribution in [2.75, 3.05) is 26.1 Å². The zero-order valence-corrected chi connectivity index (χ0v) is 18.5. The van der Waals surface area contributed by atoms with Gasteiger partial charge in [-0.2, -0.15) is 0 Å². The molecule has 2 N–H and O–H groups in total. The van der Waals surface area contributed by atoms with Crippen LogP contribution in [0.1, 0.15) is 10.4 Å². The lowest BCUT2D eigenvalue weighted by Gasteiger charge is -2.08. The minimum absolute atomic E-state index is 0.0626. The van der Waals surface area contributed by atoms with Crippen molar-refractivity contribution in [1.29, 1.82) is 0 Å². The number of carbonyl (C=O) groups is 1. The molecule has 2 aromatic carbocycles. The Morgan fingerprint density at radius 1 is 1.16 bits per heavy atom. The van der Waals surface area contributed by atoms with Crippen LogP contribution in [0.3, 0.4) is 0 Å². The Morgan fingerprint density at radius 3 is 2.55 bits per heavy atom. The molecule has 3 aromatic rings. The minimum atomic E-state index is -3.65. The van der Waals surface area contributed by atoms with Gasteiger partial charge in [0.1, 0.15) is 11.5 Å². The molecule has 0 aliphatic rings. The average molecular weight is 460 g/mol. The number of amides is 1. The second-order valence-corrected chi connectivity index (χ2v) is 8.85. The van der Waals surface area contributed by atoms with Crippen LogP contribution in [0.2, 0.25) is 0 Å². The quantitative estimate of drug-likeness (QED) is 0.474. The van der Waals surface area contributed by atoms with Gasteiger partial charge in [0.15, 0.2) is 5.13 Å². The minimum Gasteiger partial charge on any atom is -0.497 e. The molecule has 0 saturated heterocycles. The first-order valence-corrected chi connectivity index (χ1v) is 11.4. The summed E-state index contributed by atoms with van der Waals surface area (Å²) >= 11 is 1.26. The van der Waals surface area contributed by atoms with E-state index in [1.807, 2.05) is 0 Å². The molecule has 0 atom stereocenters. The molecular formula is C21H21N3O5S2. The van der Waals surface area contributed by atoms with E-state index < -0.39 is 15.9 Å². The summed E-state index contributed by atoms with van der Waals surface area (Å²) in [7, 11) is -0.508. The Bertz CT molecular complexity index is 1190. The topological polar surface area (TPSA) is 107 Å². The van der Waals surface area contributed by atoms with Crippen molar-refractivity contribution >= 4 is 32.4 Å². The van der Waals surface area contributed by atoms with Crippen LogP contribution in [0.15, 0.2) is 65.4 Å². The normalized spacial score (nSPS) is 11.0. The van der Waals surface area contributed by atoms with Gasteiger partial charge in [0.25, 0.3) is 5.91 Å². The predicted octanol–water partition coefficient (Wildman–Crippen LogP) is 3.54. The number of benzene rings is 2. The highest BCUT2D eigenvalue weighted by atomic mass is 32.2. The van der Waals surface area contributed by atoms with E-state index >= 15 is 0 Å². The number of nitrogens with zero attached hydrogens (tertiary/aromatic N) is 1. The van der Waals surface area contributed by atoms with Crippen LogP contribution in [-0.2, 0) is 10.0 Å². The summed E-state index contributed by atoms with van der Waals surface area (Å²) in [4.78, 5) is 17.1. The van der Waals surface area contributed by atoms with Gasteiger partial charge in [-0.3, -0.25) is 10.1 Å². The Labute approximate surface area is 184 Å².